The Balaban J connectivity index is 0.00000484. The van der Waals surface area contributed by atoms with Crippen molar-refractivity contribution in [1.82, 2.24) is 4.90 Å². The van der Waals surface area contributed by atoms with Crippen LogP contribution in [0, 0.1) is 11.7 Å². The van der Waals surface area contributed by atoms with Crippen LogP contribution < -0.4 is 15.5 Å². The van der Waals surface area contributed by atoms with Gasteiger partial charge in [-0.2, -0.15) is 0 Å². The van der Waals surface area contributed by atoms with E-state index in [1.54, 1.807) is 13.8 Å². The fourth-order valence-electron chi connectivity index (χ4n) is 4.13. The molecule has 228 valence electrons. The number of thiophene rings is 1. The zero-order valence-electron chi connectivity index (χ0n) is 22.6. The van der Waals surface area contributed by atoms with Gasteiger partial charge in [0.25, 0.3) is 11.8 Å². The Bertz CT molecular complexity index is 1360. The van der Waals surface area contributed by atoms with Crippen molar-refractivity contribution < 1.29 is 37.8 Å². The number of hydrogen-bond acceptors (Lipinski definition) is 10. The number of benzene rings is 1. The molecule has 2 aliphatic heterocycles. The molecule has 0 aliphatic carbocycles. The van der Waals surface area contributed by atoms with Crippen molar-refractivity contribution in [2.24, 2.45) is 11.7 Å². The Kier molecular flexibility index (Phi) is 11.9. The lowest BCUT2D eigenvalue weighted by molar-refractivity contribution is -0.127. The molecule has 0 saturated carbocycles. The summed E-state index contributed by atoms with van der Waals surface area (Å²) in [5.41, 5.74) is 6.11. The van der Waals surface area contributed by atoms with E-state index in [1.165, 1.54) is 29.2 Å². The fraction of sp³-hybridized carbons (Fsp3) is 0.423. The molecule has 1 aromatic heterocycles. The second kappa shape index (κ2) is 14.8. The van der Waals surface area contributed by atoms with E-state index < -0.39 is 41.0 Å². The second-order valence-corrected chi connectivity index (χ2v) is 12.3. The Labute approximate surface area is 265 Å². The number of carbonyl (C=O) groups is 5. The van der Waals surface area contributed by atoms with Gasteiger partial charge in [-0.15, -0.1) is 28.3 Å². The van der Waals surface area contributed by atoms with Gasteiger partial charge < -0.3 is 20.1 Å². The molecular weight excluding hydrogens is 679 g/mol. The Morgan fingerprint density at radius 3 is 2.57 bits per heavy atom. The molecule has 42 heavy (non-hydrogen) atoms. The lowest BCUT2D eigenvalue weighted by Crippen LogP contribution is -2.44. The molecule has 0 unspecified atom stereocenters. The van der Waals surface area contributed by atoms with E-state index in [4.69, 9.17) is 26.8 Å². The molecule has 2 saturated heterocycles. The Morgan fingerprint density at radius 1 is 1.21 bits per heavy atom. The standard InChI is InChI=1S/C26H28ClFN4O7S2.BrH/c1-14(2)23(29)25(36)40-13-22(34)32(24(35)19-5-6-20(27)41-19)11-16-10-31(26(37)39-16)18-4-3-15(9-17(18)28)30-7-8-38-12-21(30)33;/h3-6,9,14,16,23H,7-8,10-13,29H2,1-2H3;1H/t16-,23+;/m1./s1. The highest BCUT2D eigenvalue weighted by Gasteiger charge is 2.38. The molecule has 2 aliphatic rings. The first kappa shape index (κ1) is 33.9. The van der Waals surface area contributed by atoms with Crippen LogP contribution in [0.15, 0.2) is 30.3 Å². The Hall–Kier alpha value is -2.56. The molecule has 3 heterocycles. The first-order valence-corrected chi connectivity index (χ1v) is 14.8. The number of cyclic esters (lactones) is 1. The minimum absolute atomic E-state index is 0. The molecule has 1 aromatic carbocycles. The van der Waals surface area contributed by atoms with Gasteiger partial charge in [-0.1, -0.05) is 37.2 Å². The van der Waals surface area contributed by atoms with Gasteiger partial charge in [0.05, 0.1) is 46.4 Å². The molecule has 0 bridgehead atoms. The van der Waals surface area contributed by atoms with Crippen LogP contribution in [0.25, 0.3) is 0 Å². The minimum atomic E-state index is -0.982. The minimum Gasteiger partial charge on any atom is -0.442 e. The molecule has 2 N–H and O–H groups in total. The van der Waals surface area contributed by atoms with E-state index in [9.17, 15) is 24.0 Å². The number of hydrogen-bond donors (Lipinski definition) is 1. The van der Waals surface area contributed by atoms with Gasteiger partial charge in [-0.3, -0.25) is 29.0 Å². The lowest BCUT2D eigenvalue weighted by Gasteiger charge is -2.27. The number of morpholine rings is 1. The van der Waals surface area contributed by atoms with Crippen LogP contribution in [0.1, 0.15) is 23.5 Å². The van der Waals surface area contributed by atoms with Crippen LogP contribution in [0.5, 0.6) is 0 Å². The van der Waals surface area contributed by atoms with Gasteiger partial charge in [0.2, 0.25) is 11.0 Å². The van der Waals surface area contributed by atoms with Crippen molar-refractivity contribution in [2.45, 2.75) is 26.0 Å². The number of thioether (sulfide) groups is 1. The van der Waals surface area contributed by atoms with Crippen LogP contribution in [-0.4, -0.2) is 84.6 Å². The summed E-state index contributed by atoms with van der Waals surface area (Å²) >= 11 is 7.65. The van der Waals surface area contributed by atoms with Crippen molar-refractivity contribution >= 4 is 92.0 Å². The summed E-state index contributed by atoms with van der Waals surface area (Å²) in [6, 6.07) is 6.22. The number of anilines is 2. The monoisotopic (exact) mass is 706 g/mol. The maximum absolute atomic E-state index is 15.1. The van der Waals surface area contributed by atoms with E-state index in [-0.39, 0.29) is 71.4 Å². The van der Waals surface area contributed by atoms with Gasteiger partial charge >= 0.3 is 6.09 Å². The predicted octanol–water partition coefficient (Wildman–Crippen LogP) is 3.72. The van der Waals surface area contributed by atoms with E-state index in [1.807, 2.05) is 0 Å². The average molecular weight is 708 g/mol. The van der Waals surface area contributed by atoms with Gasteiger partial charge in [-0.25, -0.2) is 9.18 Å². The summed E-state index contributed by atoms with van der Waals surface area (Å²) in [5.74, 6) is -2.92. The topological polar surface area (TPSA) is 140 Å². The molecule has 4 rings (SSSR count). The molecule has 2 aromatic rings. The second-order valence-electron chi connectivity index (χ2n) is 9.64. The third-order valence-electron chi connectivity index (χ3n) is 6.44. The van der Waals surface area contributed by atoms with Gasteiger partial charge in [0.15, 0.2) is 0 Å². The number of carbonyl (C=O) groups excluding carboxylic acids is 5. The summed E-state index contributed by atoms with van der Waals surface area (Å²) in [7, 11) is 0. The van der Waals surface area contributed by atoms with Crippen molar-refractivity contribution in [1.29, 1.82) is 0 Å². The van der Waals surface area contributed by atoms with Gasteiger partial charge in [0, 0.05) is 12.2 Å². The smallest absolute Gasteiger partial charge is 0.414 e. The third kappa shape index (κ3) is 7.88. The SMILES string of the molecule is Br.CC(C)[C@H](N)C(=O)SCC(=O)N(C[C@H]1CN(c2ccc(N3CCOCC3=O)cc2F)C(=O)O1)C(=O)c1ccc(Cl)s1. The Morgan fingerprint density at radius 2 is 1.95 bits per heavy atom. The number of rotatable bonds is 9. The average Bonchev–Trinajstić information content (AvgIpc) is 3.54. The third-order valence-corrected chi connectivity index (χ3v) is 8.61. The molecule has 11 nitrogen and oxygen atoms in total. The predicted molar refractivity (Wildman–Crippen MR) is 163 cm³/mol. The fourth-order valence-corrected chi connectivity index (χ4v) is 6.01. The van der Waals surface area contributed by atoms with Crippen molar-refractivity contribution in [3.8, 4) is 0 Å². The quantitative estimate of drug-likeness (QED) is 0.413. The summed E-state index contributed by atoms with van der Waals surface area (Å²) in [4.78, 5) is 67.1. The van der Waals surface area contributed by atoms with Crippen LogP contribution in [0.2, 0.25) is 4.34 Å². The summed E-state index contributed by atoms with van der Waals surface area (Å²) in [6.07, 6.45) is -1.85. The molecule has 4 amide bonds. The molecule has 0 radical (unpaired) electrons. The largest absolute Gasteiger partial charge is 0.442 e. The van der Waals surface area contributed by atoms with Crippen LogP contribution in [-0.2, 0) is 23.9 Å². The number of ether oxygens (including phenoxy) is 2. The van der Waals surface area contributed by atoms with Crippen LogP contribution >= 0.6 is 51.7 Å². The zero-order valence-corrected chi connectivity index (χ0v) is 26.7. The highest BCUT2D eigenvalue weighted by Crippen LogP contribution is 2.30. The highest BCUT2D eigenvalue weighted by atomic mass is 79.9. The highest BCUT2D eigenvalue weighted by molar-refractivity contribution is 8.93. The van der Waals surface area contributed by atoms with Crippen molar-refractivity contribution in [2.75, 3.05) is 48.4 Å². The van der Waals surface area contributed by atoms with E-state index in [0.717, 1.165) is 27.2 Å². The van der Waals surface area contributed by atoms with E-state index in [0.29, 0.717) is 28.4 Å². The van der Waals surface area contributed by atoms with E-state index in [2.05, 4.69) is 0 Å². The van der Waals surface area contributed by atoms with E-state index >= 15 is 4.39 Å². The molecular formula is C26H29BrClFN4O7S2. The first-order valence-electron chi connectivity index (χ1n) is 12.6. The maximum Gasteiger partial charge on any atom is 0.414 e. The molecule has 2 atom stereocenters. The number of halogens is 3. The number of imide groups is 1. The summed E-state index contributed by atoms with van der Waals surface area (Å²) in [5, 5.41) is -0.393. The summed E-state index contributed by atoms with van der Waals surface area (Å²) in [6.45, 7) is 3.55. The van der Waals surface area contributed by atoms with Crippen LogP contribution in [0.4, 0.5) is 20.6 Å². The number of nitrogens with zero attached hydrogens (tertiary/aromatic N) is 3. The van der Waals surface area contributed by atoms with Crippen LogP contribution in [0.3, 0.4) is 0 Å². The number of amides is 4. The molecule has 16 heteroatoms. The van der Waals surface area contributed by atoms with Crippen molar-refractivity contribution in [3.63, 3.8) is 0 Å². The first-order chi connectivity index (χ1) is 19.5. The number of nitrogens with two attached hydrogens (primary N) is 1. The zero-order chi connectivity index (χ0) is 29.8. The lowest BCUT2D eigenvalue weighted by atomic mass is 10.1. The maximum atomic E-state index is 15.1. The van der Waals surface area contributed by atoms with Crippen molar-refractivity contribution in [3.05, 3.63) is 45.4 Å². The molecule has 2 fully saturated rings. The van der Waals surface area contributed by atoms with Gasteiger partial charge in [-0.05, 0) is 36.2 Å². The normalized spacial score (nSPS) is 17.6. The molecule has 0 spiro atoms. The van der Waals surface area contributed by atoms with Gasteiger partial charge in [0.1, 0.15) is 18.5 Å². The summed E-state index contributed by atoms with van der Waals surface area (Å²) < 4.78 is 26.0.